The number of ether oxygens (including phenoxy) is 3. The Labute approximate surface area is 145 Å². The lowest BCUT2D eigenvalue weighted by atomic mass is 10.4. The van der Waals surface area contributed by atoms with E-state index in [4.69, 9.17) is 15.9 Å². The predicted molar refractivity (Wildman–Crippen MR) is 100 cm³/mol. The zero-order valence-corrected chi connectivity index (χ0v) is 10.0. The van der Waals surface area contributed by atoms with Gasteiger partial charge in [0.25, 0.3) is 0 Å². The number of hydrogen-bond acceptors (Lipinski definition) is 5. The highest BCUT2D eigenvalue weighted by Crippen LogP contribution is 1.99. The Bertz CT molecular complexity index is 271. The van der Waals surface area contributed by atoms with Gasteiger partial charge in [0.05, 0.1) is 0 Å². The van der Waals surface area contributed by atoms with Crippen molar-refractivity contribution in [3.8, 4) is 12.5 Å². The summed E-state index contributed by atoms with van der Waals surface area (Å²) in [4.78, 5) is 21.9. The highest BCUT2D eigenvalue weighted by Gasteiger charge is 2.16. The molecule has 0 radical (unpaired) electrons. The summed E-state index contributed by atoms with van der Waals surface area (Å²) in [6, 6.07) is 0. The van der Waals surface area contributed by atoms with Crippen LogP contribution in [0.1, 0.15) is 71.2 Å². The quantitative estimate of drug-likeness (QED) is 0.517. The first-order valence-corrected chi connectivity index (χ1v) is 5.06. The Balaban J connectivity index is -0.0000000536. The first kappa shape index (κ1) is 49.6. The summed E-state index contributed by atoms with van der Waals surface area (Å²) in [6.45, 7) is 3.31. The van der Waals surface area contributed by atoms with Crippen LogP contribution in [0, 0.1) is 12.5 Å². The van der Waals surface area contributed by atoms with Gasteiger partial charge in [0, 0.05) is 12.8 Å². The fourth-order valence-corrected chi connectivity index (χ4v) is 0.814. The smallest absolute Gasteiger partial charge is 0.306 e. The topological polar surface area (TPSA) is 93.3 Å². The van der Waals surface area contributed by atoms with Crippen LogP contribution in [0.5, 0.6) is 0 Å². The van der Waals surface area contributed by atoms with Crippen molar-refractivity contribution in [2.75, 3.05) is 13.2 Å². The minimum absolute atomic E-state index is 0. The van der Waals surface area contributed by atoms with E-state index >= 15 is 0 Å². The van der Waals surface area contributed by atoms with Gasteiger partial charge in [0.1, 0.15) is 19.3 Å². The van der Waals surface area contributed by atoms with Crippen LogP contribution < -0.4 is 0 Å². The van der Waals surface area contributed by atoms with Gasteiger partial charge in [-0.15, -0.1) is 0 Å². The van der Waals surface area contributed by atoms with Crippen molar-refractivity contribution in [2.45, 2.75) is 77.4 Å². The van der Waals surface area contributed by atoms with Crippen molar-refractivity contribution in [3.05, 3.63) is 0 Å². The second-order valence-electron chi connectivity index (χ2n) is 2.93. The summed E-state index contributed by atoms with van der Waals surface area (Å²) >= 11 is 0. The molecule has 0 aromatic rings. The molecule has 1 unspecified atom stereocenters. The molecule has 0 saturated heterocycles. The maximum atomic E-state index is 11.0. The second kappa shape index (κ2) is 32.3. The molecule has 146 valence electrons. The first-order chi connectivity index (χ1) is 7.63. The summed E-state index contributed by atoms with van der Waals surface area (Å²) < 4.78 is 14.5. The van der Waals surface area contributed by atoms with E-state index in [9.17, 15) is 9.59 Å². The van der Waals surface area contributed by atoms with Crippen molar-refractivity contribution < 1.29 is 29.3 Å². The molecule has 1 atom stereocenters. The van der Waals surface area contributed by atoms with Crippen LogP contribution in [0.3, 0.4) is 0 Å². The monoisotopic (exact) mass is 342 g/mol. The molecule has 6 nitrogen and oxygen atoms in total. The number of carbonyl (C=O) groups is 2. The molecule has 0 amide bonds. The third-order valence-corrected chi connectivity index (χ3v) is 1.66. The van der Waals surface area contributed by atoms with Gasteiger partial charge in [-0.3, -0.25) is 9.59 Å². The van der Waals surface area contributed by atoms with Crippen LogP contribution in [0.2, 0.25) is 0 Å². The Kier molecular flexibility index (Phi) is 69.6. The Morgan fingerprint density at radius 1 is 0.913 bits per heavy atom. The molecule has 0 aromatic heterocycles. The number of rotatable bonds is 7. The fraction of sp³-hybridized carbons (Fsp3) is 0.765. The minimum atomic E-state index is -0.654. The molecular formula is C17H42O6. The summed E-state index contributed by atoms with van der Waals surface area (Å²) in [5, 5.41) is 0. The van der Waals surface area contributed by atoms with E-state index in [0.29, 0.717) is 0 Å². The third-order valence-electron chi connectivity index (χ3n) is 1.66. The molecule has 0 rings (SSSR count). The van der Waals surface area contributed by atoms with Crippen molar-refractivity contribution in [3.63, 3.8) is 0 Å². The Morgan fingerprint density at radius 2 is 1.35 bits per heavy atom. The highest BCUT2D eigenvalue weighted by atomic mass is 16.6. The predicted octanol–water partition coefficient (Wildman–Crippen LogP) is 3.86. The Morgan fingerprint density at radius 3 is 1.70 bits per heavy atom. The summed E-state index contributed by atoms with van der Waals surface area (Å²) in [6.07, 6.45) is 6.72. The van der Waals surface area contributed by atoms with Crippen LogP contribution in [-0.4, -0.2) is 36.7 Å². The van der Waals surface area contributed by atoms with E-state index in [1.807, 2.05) is 6.11 Å². The summed E-state index contributed by atoms with van der Waals surface area (Å²) in [5.41, 5.74) is 0. The molecule has 6 heteroatoms. The Hall–Kier alpha value is -1.74. The van der Waals surface area contributed by atoms with Crippen LogP contribution >= 0.6 is 0 Å². The van der Waals surface area contributed by atoms with E-state index < -0.39 is 12.1 Å². The molecule has 0 fully saturated rings. The normalized spacial score (nSPS) is 7.70. The number of esters is 2. The summed E-state index contributed by atoms with van der Waals surface area (Å²) in [7, 11) is 0. The molecule has 0 aliphatic rings. The molecule has 2 N–H and O–H groups in total. The molecule has 0 saturated carbocycles. The van der Waals surface area contributed by atoms with Gasteiger partial charge in [-0.2, -0.15) is 0 Å². The second-order valence-corrected chi connectivity index (χ2v) is 2.93. The average Bonchev–Trinajstić information content (AvgIpc) is 2.31. The number of terminal acetylenes is 1. The average molecular weight is 343 g/mol. The molecule has 0 aliphatic heterocycles. The van der Waals surface area contributed by atoms with E-state index in [2.05, 4.69) is 4.74 Å². The van der Waals surface area contributed by atoms with Gasteiger partial charge >= 0.3 is 11.9 Å². The number of hydrogen-bond donors (Lipinski definition) is 0. The lowest BCUT2D eigenvalue weighted by molar-refractivity contribution is -0.160. The third kappa shape index (κ3) is 29.0. The lowest BCUT2D eigenvalue weighted by Gasteiger charge is -2.16. The number of carbonyl (C=O) groups excluding carboxylic acids is 2. The lowest BCUT2D eigenvalue weighted by Crippen LogP contribution is -2.28. The zero-order valence-electron chi connectivity index (χ0n) is 10.0. The molecule has 0 aromatic carbocycles. The molecular weight excluding hydrogens is 300 g/mol. The van der Waals surface area contributed by atoms with Gasteiger partial charge in [-0.25, -0.2) is 0 Å². The van der Waals surface area contributed by atoms with Gasteiger partial charge < -0.3 is 19.7 Å². The molecule has 0 heterocycles. The molecule has 23 heavy (non-hydrogen) atoms. The van der Waals surface area contributed by atoms with Crippen molar-refractivity contribution in [1.82, 2.24) is 0 Å². The maximum absolute atomic E-state index is 11.0. The molecule has 0 bridgehead atoms. The van der Waals surface area contributed by atoms with E-state index in [-0.39, 0.29) is 82.1 Å². The van der Waals surface area contributed by atoms with E-state index in [1.54, 1.807) is 13.8 Å². The van der Waals surface area contributed by atoms with Gasteiger partial charge in [-0.05, 0) is 0 Å². The van der Waals surface area contributed by atoms with Gasteiger partial charge in [-0.1, -0.05) is 64.8 Å². The van der Waals surface area contributed by atoms with E-state index in [1.165, 1.54) is 0 Å². The molecule has 0 aliphatic carbocycles. The van der Waals surface area contributed by atoms with E-state index in [0.717, 1.165) is 0 Å². The zero-order chi connectivity index (χ0) is 12.4. The van der Waals surface area contributed by atoms with Crippen molar-refractivity contribution >= 4 is 11.9 Å². The SMILES string of the molecule is C.C.C.C.C.C.C#COCC(COC(=O)CC)OC(=O)CC.O. The van der Waals surface area contributed by atoms with Crippen LogP contribution in [0.4, 0.5) is 0 Å². The first-order valence-electron chi connectivity index (χ1n) is 5.06. The van der Waals surface area contributed by atoms with Crippen molar-refractivity contribution in [2.24, 2.45) is 0 Å². The highest BCUT2D eigenvalue weighted by molar-refractivity contribution is 5.70. The van der Waals surface area contributed by atoms with Gasteiger partial charge in [0.2, 0.25) is 0 Å². The van der Waals surface area contributed by atoms with Gasteiger partial charge in [0.15, 0.2) is 6.10 Å². The minimum Gasteiger partial charge on any atom is -0.462 e. The van der Waals surface area contributed by atoms with Crippen LogP contribution in [-0.2, 0) is 23.8 Å². The van der Waals surface area contributed by atoms with Crippen LogP contribution in [0.25, 0.3) is 0 Å². The largest absolute Gasteiger partial charge is 0.462 e. The maximum Gasteiger partial charge on any atom is 0.306 e. The van der Waals surface area contributed by atoms with Crippen molar-refractivity contribution in [1.29, 1.82) is 0 Å². The standard InChI is InChI=1S/C11H16O5.6CH4.H2O/c1-4-10(12)15-8-9(7-14-6-3)16-11(13)5-2;;;;;;;/h3,9H,4-5,7-8H2,1-2H3;6*1H4;1H2. The summed E-state index contributed by atoms with van der Waals surface area (Å²) in [5.74, 6) is -0.753. The molecule has 0 spiro atoms. The van der Waals surface area contributed by atoms with Crippen LogP contribution in [0.15, 0.2) is 0 Å². The fourth-order valence-electron chi connectivity index (χ4n) is 0.814.